The van der Waals surface area contributed by atoms with Gasteiger partial charge in [-0.15, -0.1) is 0 Å². The third-order valence-electron chi connectivity index (χ3n) is 2.64. The Bertz CT molecular complexity index is 561. The molecule has 0 aliphatic carbocycles. The summed E-state index contributed by atoms with van der Waals surface area (Å²) < 4.78 is 1.61. The fourth-order valence-electron chi connectivity index (χ4n) is 1.79. The summed E-state index contributed by atoms with van der Waals surface area (Å²) in [6.07, 6.45) is 1.30. The van der Waals surface area contributed by atoms with Crippen LogP contribution in [0.2, 0.25) is 0 Å². The van der Waals surface area contributed by atoms with Crippen LogP contribution in [0.15, 0.2) is 30.5 Å². The number of rotatable bonds is 3. The Kier molecular flexibility index (Phi) is 2.91. The largest absolute Gasteiger partial charge is 0.358 e. The summed E-state index contributed by atoms with van der Waals surface area (Å²) in [6, 6.07) is 7.92. The Labute approximate surface area is 98.9 Å². The average Bonchev–Trinajstić information content (AvgIpc) is 2.61. The molecule has 1 heterocycles. The molecule has 0 unspecified atom stereocenters. The lowest BCUT2D eigenvalue weighted by atomic mass is 10.1. The van der Waals surface area contributed by atoms with Gasteiger partial charge in [0.15, 0.2) is 5.82 Å². The minimum absolute atomic E-state index is 0.0315. The lowest BCUT2D eigenvalue weighted by Gasteiger charge is -2.03. The average molecular weight is 231 g/mol. The van der Waals surface area contributed by atoms with E-state index in [1.165, 1.54) is 6.20 Å². The summed E-state index contributed by atoms with van der Waals surface area (Å²) >= 11 is 0. The normalized spacial score (nSPS) is 10.5. The van der Waals surface area contributed by atoms with Crippen molar-refractivity contribution >= 4 is 5.82 Å². The zero-order valence-electron chi connectivity index (χ0n) is 9.75. The smallest absolute Gasteiger partial charge is 0.343 e. The van der Waals surface area contributed by atoms with Crippen molar-refractivity contribution in [1.29, 1.82) is 0 Å². The van der Waals surface area contributed by atoms with Gasteiger partial charge in [-0.2, -0.15) is 0 Å². The number of imidazole rings is 1. The summed E-state index contributed by atoms with van der Waals surface area (Å²) in [7, 11) is 0. The Balaban J connectivity index is 2.36. The molecule has 0 bridgehead atoms. The SMILES string of the molecule is Cc1cccc(Cn2c([N+](=O)[O-])cnc2C)c1. The summed E-state index contributed by atoms with van der Waals surface area (Å²) in [4.78, 5) is 14.4. The highest BCUT2D eigenvalue weighted by atomic mass is 16.6. The predicted molar refractivity (Wildman–Crippen MR) is 63.9 cm³/mol. The van der Waals surface area contributed by atoms with Crippen molar-refractivity contribution in [2.45, 2.75) is 20.4 Å². The maximum absolute atomic E-state index is 10.8. The minimum Gasteiger partial charge on any atom is -0.358 e. The van der Waals surface area contributed by atoms with Crippen LogP contribution < -0.4 is 0 Å². The van der Waals surface area contributed by atoms with Gasteiger partial charge < -0.3 is 10.1 Å². The Morgan fingerprint density at radius 2 is 2.18 bits per heavy atom. The molecular weight excluding hydrogens is 218 g/mol. The summed E-state index contributed by atoms with van der Waals surface area (Å²) in [5.74, 6) is 0.683. The van der Waals surface area contributed by atoms with Crippen LogP contribution in [0.4, 0.5) is 5.82 Å². The van der Waals surface area contributed by atoms with Crippen molar-refractivity contribution in [3.8, 4) is 0 Å². The molecule has 0 fully saturated rings. The Hall–Kier alpha value is -2.17. The molecule has 5 nitrogen and oxygen atoms in total. The highest BCUT2D eigenvalue weighted by Gasteiger charge is 2.17. The number of aromatic nitrogens is 2. The lowest BCUT2D eigenvalue weighted by Crippen LogP contribution is -2.06. The fourth-order valence-corrected chi connectivity index (χ4v) is 1.79. The molecule has 0 saturated heterocycles. The summed E-state index contributed by atoms with van der Waals surface area (Å²) in [5.41, 5.74) is 2.18. The Morgan fingerprint density at radius 3 is 2.82 bits per heavy atom. The minimum atomic E-state index is -0.407. The molecule has 0 aliphatic heterocycles. The summed E-state index contributed by atoms with van der Waals surface area (Å²) in [5, 5.41) is 10.8. The van der Waals surface area contributed by atoms with E-state index >= 15 is 0 Å². The number of nitro groups is 1. The van der Waals surface area contributed by atoms with Crippen LogP contribution in [0.3, 0.4) is 0 Å². The van der Waals surface area contributed by atoms with E-state index in [4.69, 9.17) is 0 Å². The van der Waals surface area contributed by atoms with Crippen molar-refractivity contribution in [2.75, 3.05) is 0 Å². The van der Waals surface area contributed by atoms with Crippen molar-refractivity contribution in [3.63, 3.8) is 0 Å². The van der Waals surface area contributed by atoms with Crippen molar-refractivity contribution in [3.05, 3.63) is 57.5 Å². The zero-order valence-corrected chi connectivity index (χ0v) is 9.75. The first-order valence-corrected chi connectivity index (χ1v) is 5.30. The second-order valence-corrected chi connectivity index (χ2v) is 4.00. The topological polar surface area (TPSA) is 61.0 Å². The molecule has 2 aromatic rings. The standard InChI is InChI=1S/C12H13N3O2/c1-9-4-3-5-11(6-9)8-14-10(2)13-7-12(14)15(16)17/h3-7H,8H2,1-2H3. The third-order valence-corrected chi connectivity index (χ3v) is 2.64. The maximum atomic E-state index is 10.8. The van der Waals surface area contributed by atoms with E-state index in [0.29, 0.717) is 12.4 Å². The van der Waals surface area contributed by atoms with E-state index in [1.807, 2.05) is 31.2 Å². The molecule has 17 heavy (non-hydrogen) atoms. The van der Waals surface area contributed by atoms with Gasteiger partial charge in [-0.05, 0) is 17.4 Å². The van der Waals surface area contributed by atoms with E-state index in [2.05, 4.69) is 4.98 Å². The Morgan fingerprint density at radius 1 is 1.41 bits per heavy atom. The fraction of sp³-hybridized carbons (Fsp3) is 0.250. The van der Waals surface area contributed by atoms with E-state index < -0.39 is 4.92 Å². The van der Waals surface area contributed by atoms with E-state index in [1.54, 1.807) is 11.5 Å². The number of nitrogens with zero attached hydrogens (tertiary/aromatic N) is 3. The van der Waals surface area contributed by atoms with Gasteiger partial charge in [0.05, 0.1) is 0 Å². The van der Waals surface area contributed by atoms with E-state index in [0.717, 1.165) is 11.1 Å². The molecular formula is C12H13N3O2. The molecule has 0 N–H and O–H groups in total. The highest BCUT2D eigenvalue weighted by Crippen LogP contribution is 2.16. The van der Waals surface area contributed by atoms with E-state index in [9.17, 15) is 10.1 Å². The molecule has 0 spiro atoms. The molecule has 1 aromatic heterocycles. The first-order valence-electron chi connectivity index (χ1n) is 5.30. The quantitative estimate of drug-likeness (QED) is 0.602. The highest BCUT2D eigenvalue weighted by molar-refractivity contribution is 5.26. The molecule has 5 heteroatoms. The van der Waals surface area contributed by atoms with Crippen molar-refractivity contribution in [2.24, 2.45) is 0 Å². The van der Waals surface area contributed by atoms with Crippen LogP contribution >= 0.6 is 0 Å². The number of benzene rings is 1. The number of hydrogen-bond donors (Lipinski definition) is 0. The zero-order chi connectivity index (χ0) is 12.4. The molecule has 0 radical (unpaired) electrons. The van der Waals surface area contributed by atoms with Crippen molar-refractivity contribution < 1.29 is 4.92 Å². The van der Waals surface area contributed by atoms with Crippen LogP contribution in [0.1, 0.15) is 17.0 Å². The first-order chi connectivity index (χ1) is 8.08. The molecule has 0 saturated carbocycles. The predicted octanol–water partition coefficient (Wildman–Crippen LogP) is 2.46. The van der Waals surface area contributed by atoms with Gasteiger partial charge in [-0.1, -0.05) is 29.8 Å². The third kappa shape index (κ3) is 2.33. The summed E-state index contributed by atoms with van der Waals surface area (Å²) in [6.45, 7) is 4.24. The van der Waals surface area contributed by atoms with Gasteiger partial charge in [0.1, 0.15) is 12.7 Å². The van der Waals surface area contributed by atoms with E-state index in [-0.39, 0.29) is 5.82 Å². The number of aryl methyl sites for hydroxylation is 2. The molecule has 0 aliphatic rings. The van der Waals surface area contributed by atoms with Gasteiger partial charge in [-0.25, -0.2) is 9.55 Å². The van der Waals surface area contributed by atoms with Crippen LogP contribution in [-0.2, 0) is 6.54 Å². The van der Waals surface area contributed by atoms with Gasteiger partial charge >= 0.3 is 5.82 Å². The monoisotopic (exact) mass is 231 g/mol. The lowest BCUT2D eigenvalue weighted by molar-refractivity contribution is -0.392. The number of hydrogen-bond acceptors (Lipinski definition) is 3. The van der Waals surface area contributed by atoms with Crippen LogP contribution in [0.25, 0.3) is 0 Å². The molecule has 0 amide bonds. The molecule has 1 aromatic carbocycles. The van der Waals surface area contributed by atoms with Crippen LogP contribution in [0, 0.1) is 24.0 Å². The second-order valence-electron chi connectivity index (χ2n) is 4.00. The first kappa shape index (κ1) is 11.3. The van der Waals surface area contributed by atoms with Crippen molar-refractivity contribution in [1.82, 2.24) is 9.55 Å². The van der Waals surface area contributed by atoms with Crippen LogP contribution in [-0.4, -0.2) is 14.5 Å². The van der Waals surface area contributed by atoms with Gasteiger partial charge in [0.25, 0.3) is 0 Å². The molecule has 88 valence electrons. The maximum Gasteiger partial charge on any atom is 0.343 e. The van der Waals surface area contributed by atoms with Gasteiger partial charge in [0, 0.05) is 6.92 Å². The van der Waals surface area contributed by atoms with Gasteiger partial charge in [-0.3, -0.25) is 0 Å². The van der Waals surface area contributed by atoms with Crippen LogP contribution in [0.5, 0.6) is 0 Å². The molecule has 2 rings (SSSR count). The molecule has 0 atom stereocenters. The van der Waals surface area contributed by atoms with Gasteiger partial charge in [0.2, 0.25) is 0 Å². The second kappa shape index (κ2) is 4.37.